The fourth-order valence-electron chi connectivity index (χ4n) is 4.60. The number of benzene rings is 1. The summed E-state index contributed by atoms with van der Waals surface area (Å²) in [5.74, 6) is 0.634. The normalized spacial score (nSPS) is 18.9. The summed E-state index contributed by atoms with van der Waals surface area (Å²) in [7, 11) is -2.60. The summed E-state index contributed by atoms with van der Waals surface area (Å²) >= 11 is 1.52. The number of ether oxygens (including phenoxy) is 1. The number of carbonyl (C=O) groups excluding carboxylic acids is 1. The van der Waals surface area contributed by atoms with Crippen molar-refractivity contribution in [2.45, 2.75) is 23.8 Å². The highest BCUT2D eigenvalue weighted by atomic mass is 32.2. The number of pyridine rings is 1. The van der Waals surface area contributed by atoms with Gasteiger partial charge in [0.05, 0.1) is 22.2 Å². The molecule has 1 saturated heterocycles. The van der Waals surface area contributed by atoms with Gasteiger partial charge in [-0.1, -0.05) is 6.07 Å². The molecule has 1 amide bonds. The largest absolute Gasteiger partial charge is 0.480 e. The number of hydrogen-bond acceptors (Lipinski definition) is 9. The number of sulfonamides is 1. The number of methoxy groups -OCH3 is 1. The third kappa shape index (κ3) is 4.01. The molecule has 12 heteroatoms. The molecular formula is C24H22N6O4S2. The Balaban J connectivity index is 1.54. The number of carbonyl (C=O) groups is 1. The number of hydrogen-bond donors (Lipinski definition) is 2. The van der Waals surface area contributed by atoms with Crippen molar-refractivity contribution >= 4 is 49.0 Å². The highest BCUT2D eigenvalue weighted by molar-refractivity contribution is 7.92. The summed E-state index contributed by atoms with van der Waals surface area (Å²) in [6, 6.07) is 9.51. The number of piperidine rings is 1. The van der Waals surface area contributed by atoms with E-state index in [4.69, 9.17) is 4.74 Å². The molecular weight excluding hydrogens is 500 g/mol. The first-order valence-corrected chi connectivity index (χ1v) is 13.7. The third-order valence-electron chi connectivity index (χ3n) is 6.33. The summed E-state index contributed by atoms with van der Waals surface area (Å²) in [5.41, 5.74) is 1.97. The van der Waals surface area contributed by atoms with Crippen molar-refractivity contribution in [1.29, 1.82) is 0 Å². The highest BCUT2D eigenvalue weighted by Crippen LogP contribution is 2.39. The van der Waals surface area contributed by atoms with Gasteiger partial charge in [-0.3, -0.25) is 9.52 Å². The van der Waals surface area contributed by atoms with Crippen LogP contribution in [0.1, 0.15) is 23.2 Å². The van der Waals surface area contributed by atoms with Gasteiger partial charge in [0.2, 0.25) is 5.88 Å². The van der Waals surface area contributed by atoms with E-state index >= 15 is 0 Å². The van der Waals surface area contributed by atoms with Gasteiger partial charge in [0, 0.05) is 41.3 Å². The van der Waals surface area contributed by atoms with Crippen molar-refractivity contribution < 1.29 is 17.9 Å². The van der Waals surface area contributed by atoms with Gasteiger partial charge in [0.1, 0.15) is 17.8 Å². The molecule has 0 aliphatic carbocycles. The maximum atomic E-state index is 13.3. The van der Waals surface area contributed by atoms with E-state index in [1.165, 1.54) is 30.6 Å². The highest BCUT2D eigenvalue weighted by Gasteiger charge is 2.26. The number of aromatic nitrogens is 3. The second-order valence-electron chi connectivity index (χ2n) is 8.70. The van der Waals surface area contributed by atoms with E-state index in [0.29, 0.717) is 12.1 Å². The Bertz CT molecular complexity index is 1600. The quantitative estimate of drug-likeness (QED) is 0.390. The van der Waals surface area contributed by atoms with E-state index in [0.717, 1.165) is 40.3 Å². The van der Waals surface area contributed by atoms with E-state index in [1.54, 1.807) is 30.7 Å². The van der Waals surface area contributed by atoms with Gasteiger partial charge in [-0.05, 0) is 43.2 Å². The lowest BCUT2D eigenvalue weighted by atomic mass is 10.0. The van der Waals surface area contributed by atoms with Crippen molar-refractivity contribution in [3.63, 3.8) is 0 Å². The van der Waals surface area contributed by atoms with Gasteiger partial charge in [0.15, 0.2) is 0 Å². The first-order valence-electron chi connectivity index (χ1n) is 11.4. The second-order valence-corrected chi connectivity index (χ2v) is 11.4. The van der Waals surface area contributed by atoms with Gasteiger partial charge in [-0.25, -0.2) is 23.4 Å². The van der Waals surface area contributed by atoms with Gasteiger partial charge < -0.3 is 15.0 Å². The van der Waals surface area contributed by atoms with Crippen molar-refractivity contribution in [3.8, 4) is 16.3 Å². The van der Waals surface area contributed by atoms with Crippen LogP contribution in [0.25, 0.3) is 20.7 Å². The Morgan fingerprint density at radius 3 is 2.89 bits per heavy atom. The number of thiophene rings is 1. The average molecular weight is 523 g/mol. The second kappa shape index (κ2) is 8.71. The van der Waals surface area contributed by atoms with E-state index in [9.17, 15) is 13.2 Å². The van der Waals surface area contributed by atoms with Crippen molar-refractivity contribution in [2.24, 2.45) is 0 Å². The monoisotopic (exact) mass is 522 g/mol. The third-order valence-corrected chi connectivity index (χ3v) is 8.86. The van der Waals surface area contributed by atoms with Crippen molar-refractivity contribution in [2.75, 3.05) is 29.8 Å². The molecule has 36 heavy (non-hydrogen) atoms. The topological polar surface area (TPSA) is 126 Å². The standard InChI is InChI=1S/C24H22N6O4S2/c1-34-24-19-9-15(11-25-24)20-10-18-21(35-20)22(27-13-26-18)30-7-3-5-16(12-30)28-23(31)14-4-2-6-17(8-14)36(32,33)29-19/h2,4,6,8-11,13,16,29H,3,5,7,12H2,1H3,(H,28,31). The molecule has 2 aliphatic heterocycles. The molecule has 2 aliphatic rings. The zero-order valence-corrected chi connectivity index (χ0v) is 20.9. The molecule has 2 N–H and O–H groups in total. The minimum absolute atomic E-state index is 0.0314. The molecule has 184 valence electrons. The number of amides is 1. The van der Waals surface area contributed by atoms with Gasteiger partial charge >= 0.3 is 0 Å². The van der Waals surface area contributed by atoms with Crippen LogP contribution in [-0.2, 0) is 10.0 Å². The minimum Gasteiger partial charge on any atom is -0.480 e. The van der Waals surface area contributed by atoms with Crippen LogP contribution in [0.3, 0.4) is 0 Å². The van der Waals surface area contributed by atoms with Crippen LogP contribution in [0.5, 0.6) is 5.88 Å². The summed E-state index contributed by atoms with van der Waals surface area (Å²) < 4.78 is 35.4. The molecule has 0 radical (unpaired) electrons. The molecule has 4 aromatic rings. The zero-order chi connectivity index (χ0) is 24.9. The van der Waals surface area contributed by atoms with E-state index in [-0.39, 0.29) is 34.0 Å². The predicted octanol–water partition coefficient (Wildman–Crippen LogP) is 3.27. The first-order chi connectivity index (χ1) is 17.4. The van der Waals surface area contributed by atoms with Crippen molar-refractivity contribution in [3.05, 3.63) is 54.5 Å². The maximum Gasteiger partial charge on any atom is 0.262 e. The lowest BCUT2D eigenvalue weighted by Crippen LogP contribution is -2.48. The molecule has 8 bridgehead atoms. The minimum atomic E-state index is -4.03. The fraction of sp³-hybridized carbons (Fsp3) is 0.250. The Morgan fingerprint density at radius 2 is 2.03 bits per heavy atom. The van der Waals surface area contributed by atoms with Crippen LogP contribution in [0, 0.1) is 0 Å². The molecule has 5 heterocycles. The number of nitrogens with zero attached hydrogens (tertiary/aromatic N) is 4. The molecule has 6 rings (SSSR count). The molecule has 0 saturated carbocycles. The number of rotatable bonds is 1. The zero-order valence-electron chi connectivity index (χ0n) is 19.3. The lowest BCUT2D eigenvalue weighted by molar-refractivity contribution is 0.0933. The summed E-state index contributed by atoms with van der Waals surface area (Å²) in [6.45, 7) is 1.41. The van der Waals surface area contributed by atoms with E-state index in [1.807, 2.05) is 6.07 Å². The Kier molecular flexibility index (Phi) is 5.49. The average Bonchev–Trinajstić information content (AvgIpc) is 3.33. The Hall–Kier alpha value is -3.77. The Labute approximate surface area is 211 Å². The summed E-state index contributed by atoms with van der Waals surface area (Å²) in [4.78, 5) is 29.5. The van der Waals surface area contributed by atoms with E-state index < -0.39 is 10.0 Å². The van der Waals surface area contributed by atoms with Crippen LogP contribution in [0.2, 0.25) is 0 Å². The Morgan fingerprint density at radius 1 is 1.14 bits per heavy atom. The molecule has 1 atom stereocenters. The molecule has 1 aromatic carbocycles. The number of nitrogens with one attached hydrogen (secondary N) is 2. The summed E-state index contributed by atoms with van der Waals surface area (Å²) in [5, 5.41) is 3.07. The fourth-order valence-corrected chi connectivity index (χ4v) is 6.80. The van der Waals surface area contributed by atoms with Crippen LogP contribution in [-0.4, -0.2) is 55.5 Å². The summed E-state index contributed by atoms with van der Waals surface area (Å²) in [6.07, 6.45) is 4.90. The molecule has 1 fully saturated rings. The number of fused-ring (bicyclic) bond motifs is 9. The number of anilines is 2. The van der Waals surface area contributed by atoms with E-state index in [2.05, 4.69) is 29.9 Å². The molecule has 0 spiro atoms. The van der Waals surface area contributed by atoms with Crippen molar-refractivity contribution in [1.82, 2.24) is 20.3 Å². The van der Waals surface area contributed by atoms with Crippen LogP contribution in [0.15, 0.2) is 53.8 Å². The predicted molar refractivity (Wildman–Crippen MR) is 137 cm³/mol. The first kappa shape index (κ1) is 22.7. The molecule has 1 unspecified atom stereocenters. The SMILES string of the molecule is COc1ncc2cc1NS(=O)(=O)c1cccc(c1)C(=O)NC1CCCN(C1)c1ncnc3cc-2sc13. The maximum absolute atomic E-state index is 13.3. The van der Waals surface area contributed by atoms with Gasteiger partial charge in [-0.15, -0.1) is 11.3 Å². The van der Waals surface area contributed by atoms with Crippen LogP contribution >= 0.6 is 11.3 Å². The van der Waals surface area contributed by atoms with Gasteiger partial charge in [-0.2, -0.15) is 0 Å². The van der Waals surface area contributed by atoms with Crippen LogP contribution < -0.4 is 19.7 Å². The molecule has 10 nitrogen and oxygen atoms in total. The lowest BCUT2D eigenvalue weighted by Gasteiger charge is -2.34. The molecule has 3 aromatic heterocycles. The van der Waals surface area contributed by atoms with Gasteiger partial charge in [0.25, 0.3) is 15.9 Å². The van der Waals surface area contributed by atoms with Crippen LogP contribution in [0.4, 0.5) is 11.5 Å². The smallest absolute Gasteiger partial charge is 0.262 e.